The Morgan fingerprint density at radius 1 is 1.33 bits per heavy atom. The number of hydrogen-bond acceptors (Lipinski definition) is 3. The van der Waals surface area contributed by atoms with E-state index in [-0.39, 0.29) is 0 Å². The van der Waals surface area contributed by atoms with Crippen molar-refractivity contribution in [3.63, 3.8) is 0 Å². The predicted molar refractivity (Wildman–Crippen MR) is 62.1 cm³/mol. The van der Waals surface area contributed by atoms with Gasteiger partial charge >= 0.3 is 0 Å². The van der Waals surface area contributed by atoms with Crippen molar-refractivity contribution in [2.24, 2.45) is 0 Å². The van der Waals surface area contributed by atoms with Crippen LogP contribution in [0.4, 0.5) is 0 Å². The highest BCUT2D eigenvalue weighted by molar-refractivity contribution is 4.87. The zero-order valence-electron chi connectivity index (χ0n) is 10.0. The normalized spacial score (nSPS) is 30.6. The largest absolute Gasteiger partial charge is 0.378 e. The van der Waals surface area contributed by atoms with Crippen molar-refractivity contribution in [1.29, 1.82) is 0 Å². The van der Waals surface area contributed by atoms with Crippen LogP contribution in [0.25, 0.3) is 0 Å². The third-order valence-corrected chi connectivity index (χ3v) is 3.56. The molecule has 0 unspecified atom stereocenters. The maximum atomic E-state index is 5.53. The minimum absolute atomic E-state index is 0.536. The smallest absolute Gasteiger partial charge is 0.0604 e. The fourth-order valence-corrected chi connectivity index (χ4v) is 2.25. The first-order chi connectivity index (χ1) is 7.29. The molecule has 1 N–H and O–H groups in total. The van der Waals surface area contributed by atoms with Gasteiger partial charge < -0.3 is 15.0 Å². The summed E-state index contributed by atoms with van der Waals surface area (Å²) in [7, 11) is 2.24. The molecule has 0 amide bonds. The van der Waals surface area contributed by atoms with Crippen molar-refractivity contribution < 1.29 is 4.74 Å². The summed E-state index contributed by atoms with van der Waals surface area (Å²) in [5.74, 6) is 0. The van der Waals surface area contributed by atoms with E-state index < -0.39 is 0 Å². The van der Waals surface area contributed by atoms with Gasteiger partial charge in [0.05, 0.1) is 6.10 Å². The Morgan fingerprint density at radius 2 is 2.07 bits per heavy atom. The highest BCUT2D eigenvalue weighted by Crippen LogP contribution is 2.25. The Labute approximate surface area is 93.2 Å². The average molecular weight is 212 g/mol. The molecule has 0 bridgehead atoms. The second-order valence-corrected chi connectivity index (χ2v) is 4.91. The van der Waals surface area contributed by atoms with Crippen LogP contribution in [0.1, 0.15) is 32.6 Å². The van der Waals surface area contributed by atoms with E-state index in [9.17, 15) is 0 Å². The number of hydrogen-bond donors (Lipinski definition) is 1. The van der Waals surface area contributed by atoms with Gasteiger partial charge in [0.15, 0.2) is 0 Å². The highest BCUT2D eigenvalue weighted by Gasteiger charge is 2.29. The van der Waals surface area contributed by atoms with Gasteiger partial charge in [0.1, 0.15) is 0 Å². The molecule has 2 aliphatic carbocycles. The molecule has 0 aliphatic heterocycles. The average Bonchev–Trinajstić information content (AvgIpc) is 2.96. The van der Waals surface area contributed by atoms with Gasteiger partial charge in [0.2, 0.25) is 0 Å². The summed E-state index contributed by atoms with van der Waals surface area (Å²) in [5, 5.41) is 3.60. The molecule has 3 nitrogen and oxygen atoms in total. The summed E-state index contributed by atoms with van der Waals surface area (Å²) in [6.45, 7) is 5.27. The molecule has 2 fully saturated rings. The lowest BCUT2D eigenvalue weighted by molar-refractivity contribution is -0.0100. The van der Waals surface area contributed by atoms with E-state index in [1.807, 2.05) is 0 Å². The Hall–Kier alpha value is -0.120. The van der Waals surface area contributed by atoms with E-state index in [0.717, 1.165) is 19.2 Å². The van der Waals surface area contributed by atoms with Crippen LogP contribution >= 0.6 is 0 Å². The van der Waals surface area contributed by atoms with Crippen LogP contribution in [-0.4, -0.2) is 49.8 Å². The fraction of sp³-hybridized carbons (Fsp3) is 1.00. The molecule has 15 heavy (non-hydrogen) atoms. The molecular formula is C12H24N2O. The molecule has 0 atom stereocenters. The number of ether oxygens (including phenoxy) is 1. The zero-order chi connectivity index (χ0) is 10.7. The minimum atomic E-state index is 0.536. The number of nitrogens with zero attached hydrogens (tertiary/aromatic N) is 1. The van der Waals surface area contributed by atoms with Gasteiger partial charge in [-0.1, -0.05) is 0 Å². The first-order valence-corrected chi connectivity index (χ1v) is 6.34. The summed E-state index contributed by atoms with van der Waals surface area (Å²) in [4.78, 5) is 2.48. The van der Waals surface area contributed by atoms with Gasteiger partial charge in [-0.3, -0.25) is 0 Å². The SMILES string of the molecule is CCOC1CC(NCCN(C)C2CC2)C1. The quantitative estimate of drug-likeness (QED) is 0.687. The molecule has 2 aliphatic rings. The monoisotopic (exact) mass is 212 g/mol. The third kappa shape index (κ3) is 3.44. The van der Waals surface area contributed by atoms with Crippen LogP contribution in [0, 0.1) is 0 Å². The molecule has 0 heterocycles. The summed E-state index contributed by atoms with van der Waals surface area (Å²) in [6, 6.07) is 1.61. The number of rotatable bonds is 7. The molecule has 3 heteroatoms. The molecule has 0 saturated heterocycles. The van der Waals surface area contributed by atoms with Crippen LogP contribution < -0.4 is 5.32 Å². The zero-order valence-corrected chi connectivity index (χ0v) is 10.0. The molecule has 0 aromatic carbocycles. The van der Waals surface area contributed by atoms with E-state index in [4.69, 9.17) is 4.74 Å². The van der Waals surface area contributed by atoms with Gasteiger partial charge in [0.25, 0.3) is 0 Å². The van der Waals surface area contributed by atoms with Crippen molar-refractivity contribution >= 4 is 0 Å². The molecular weight excluding hydrogens is 188 g/mol. The Balaban J connectivity index is 1.45. The lowest BCUT2D eigenvalue weighted by atomic mass is 9.89. The summed E-state index contributed by atoms with van der Waals surface area (Å²) in [6.07, 6.45) is 5.77. The molecule has 0 aromatic rings. The van der Waals surface area contributed by atoms with Gasteiger partial charge in [-0.15, -0.1) is 0 Å². The first kappa shape index (κ1) is 11.4. The van der Waals surface area contributed by atoms with E-state index in [1.165, 1.54) is 32.2 Å². The maximum Gasteiger partial charge on any atom is 0.0604 e. The summed E-state index contributed by atoms with van der Waals surface area (Å²) < 4.78 is 5.53. The number of nitrogens with one attached hydrogen (secondary N) is 1. The maximum absolute atomic E-state index is 5.53. The van der Waals surface area contributed by atoms with Crippen LogP contribution in [-0.2, 0) is 4.74 Å². The van der Waals surface area contributed by atoms with Crippen LogP contribution in [0.3, 0.4) is 0 Å². The minimum Gasteiger partial charge on any atom is -0.378 e. The molecule has 0 spiro atoms. The van der Waals surface area contributed by atoms with Crippen molar-refractivity contribution in [3.8, 4) is 0 Å². The lowest BCUT2D eigenvalue weighted by Gasteiger charge is -2.36. The Bertz CT molecular complexity index is 188. The van der Waals surface area contributed by atoms with Crippen LogP contribution in [0.15, 0.2) is 0 Å². The van der Waals surface area contributed by atoms with E-state index in [0.29, 0.717) is 12.1 Å². The summed E-state index contributed by atoms with van der Waals surface area (Å²) in [5.41, 5.74) is 0. The second-order valence-electron chi connectivity index (χ2n) is 4.91. The lowest BCUT2D eigenvalue weighted by Crippen LogP contribution is -2.47. The Kier molecular flexibility index (Phi) is 4.00. The predicted octanol–water partition coefficient (Wildman–Crippen LogP) is 1.24. The van der Waals surface area contributed by atoms with Crippen molar-refractivity contribution in [2.45, 2.75) is 50.8 Å². The third-order valence-electron chi connectivity index (χ3n) is 3.56. The van der Waals surface area contributed by atoms with Crippen molar-refractivity contribution in [3.05, 3.63) is 0 Å². The van der Waals surface area contributed by atoms with Crippen LogP contribution in [0.2, 0.25) is 0 Å². The molecule has 0 aromatic heterocycles. The number of likely N-dealkylation sites (N-methyl/N-ethyl adjacent to an activating group) is 1. The topological polar surface area (TPSA) is 24.5 Å². The van der Waals surface area contributed by atoms with E-state index >= 15 is 0 Å². The van der Waals surface area contributed by atoms with Gasteiger partial charge in [-0.2, -0.15) is 0 Å². The van der Waals surface area contributed by atoms with Crippen molar-refractivity contribution in [1.82, 2.24) is 10.2 Å². The molecule has 2 saturated carbocycles. The first-order valence-electron chi connectivity index (χ1n) is 6.34. The van der Waals surface area contributed by atoms with Gasteiger partial charge in [-0.25, -0.2) is 0 Å². The van der Waals surface area contributed by atoms with Crippen molar-refractivity contribution in [2.75, 3.05) is 26.7 Å². The standard InChI is InChI=1S/C12H24N2O/c1-3-15-12-8-10(9-12)13-6-7-14(2)11-4-5-11/h10-13H,3-9H2,1-2H3. The van der Waals surface area contributed by atoms with Gasteiger partial charge in [-0.05, 0) is 39.7 Å². The highest BCUT2D eigenvalue weighted by atomic mass is 16.5. The Morgan fingerprint density at radius 3 is 2.67 bits per heavy atom. The van der Waals surface area contributed by atoms with Gasteiger partial charge in [0, 0.05) is 31.8 Å². The second kappa shape index (κ2) is 5.28. The fourth-order valence-electron chi connectivity index (χ4n) is 2.25. The van der Waals surface area contributed by atoms with E-state index in [1.54, 1.807) is 0 Å². The molecule has 88 valence electrons. The molecule has 0 radical (unpaired) electrons. The summed E-state index contributed by atoms with van der Waals surface area (Å²) >= 11 is 0. The van der Waals surface area contributed by atoms with E-state index in [2.05, 4.69) is 24.2 Å². The van der Waals surface area contributed by atoms with Crippen LogP contribution in [0.5, 0.6) is 0 Å². The molecule has 2 rings (SSSR count).